The minimum atomic E-state index is -4.53. The van der Waals surface area contributed by atoms with Crippen molar-refractivity contribution in [2.24, 2.45) is 0 Å². The van der Waals surface area contributed by atoms with Crippen LogP contribution in [0, 0.1) is 0 Å². The molecule has 0 saturated carbocycles. The van der Waals surface area contributed by atoms with Crippen molar-refractivity contribution in [2.45, 2.75) is 32.1 Å². The molecule has 0 spiro atoms. The monoisotopic (exact) mass is 514 g/mol. The summed E-state index contributed by atoms with van der Waals surface area (Å²) in [5.41, 5.74) is 9.88. The molecule has 1 fully saturated rings. The Bertz CT molecular complexity index is 1190. The van der Waals surface area contributed by atoms with Gasteiger partial charge in [-0.15, -0.1) is 0 Å². The quantitative estimate of drug-likeness (QED) is 0.567. The number of carbonyl (C=O) groups excluding carboxylic acids is 1. The molecule has 2 aromatic carbocycles. The molecule has 5 rings (SSSR count). The number of nitrogens with one attached hydrogen (secondary N) is 3. The van der Waals surface area contributed by atoms with Crippen molar-refractivity contribution >= 4 is 11.6 Å². The maximum absolute atomic E-state index is 13.7. The number of hydrazine groups is 1. The third-order valence-electron chi connectivity index (χ3n) is 7.39. The predicted molar refractivity (Wildman–Crippen MR) is 137 cm³/mol. The summed E-state index contributed by atoms with van der Waals surface area (Å²) < 4.78 is 41.1. The Kier molecular flexibility index (Phi) is 7.15. The van der Waals surface area contributed by atoms with Gasteiger partial charge in [0.1, 0.15) is 0 Å². The number of benzene rings is 2. The average Bonchev–Trinajstić information content (AvgIpc) is 3.40. The molecule has 3 aliphatic heterocycles. The first-order valence-corrected chi connectivity index (χ1v) is 12.6. The van der Waals surface area contributed by atoms with Crippen molar-refractivity contribution in [3.63, 3.8) is 0 Å². The number of fused-ring (bicyclic) bond motifs is 1. The van der Waals surface area contributed by atoms with E-state index < -0.39 is 17.6 Å². The van der Waals surface area contributed by atoms with Crippen LogP contribution in [0.25, 0.3) is 0 Å². The summed E-state index contributed by atoms with van der Waals surface area (Å²) in [6.45, 7) is 8.18. The minimum Gasteiger partial charge on any atom is -0.368 e. The van der Waals surface area contributed by atoms with Crippen molar-refractivity contribution in [3.05, 3.63) is 76.1 Å². The number of piperazine rings is 1. The van der Waals surface area contributed by atoms with E-state index in [1.165, 1.54) is 11.3 Å². The Balaban J connectivity index is 1.35. The highest BCUT2D eigenvalue weighted by Gasteiger charge is 2.32. The van der Waals surface area contributed by atoms with E-state index in [2.05, 4.69) is 37.8 Å². The summed E-state index contributed by atoms with van der Waals surface area (Å²) in [6.07, 6.45) is -2.58. The molecule has 3 heterocycles. The molecule has 7 nitrogen and oxygen atoms in total. The lowest BCUT2D eigenvalue weighted by molar-refractivity contribution is -0.137. The highest BCUT2D eigenvalue weighted by atomic mass is 19.4. The van der Waals surface area contributed by atoms with E-state index >= 15 is 0 Å². The Morgan fingerprint density at radius 2 is 1.89 bits per heavy atom. The van der Waals surface area contributed by atoms with E-state index in [0.717, 1.165) is 57.0 Å². The molecule has 1 atom stereocenters. The number of carbonyl (C=O) groups is 1. The number of likely N-dealkylation sites (N-methyl/N-ethyl adjacent to an activating group) is 1. The number of anilines is 1. The normalized spacial score (nSPS) is 20.8. The van der Waals surface area contributed by atoms with Gasteiger partial charge in [0.25, 0.3) is 5.91 Å². The van der Waals surface area contributed by atoms with Crippen LogP contribution in [0.4, 0.5) is 18.9 Å². The molecule has 1 saturated heterocycles. The summed E-state index contributed by atoms with van der Waals surface area (Å²) in [5.74, 6) is -0.228. The lowest BCUT2D eigenvalue weighted by atomic mass is 9.90. The van der Waals surface area contributed by atoms with Gasteiger partial charge in [0.15, 0.2) is 0 Å². The SMILES string of the molecule is CC1CN(C2=CNNC2)Cc2cc(NC(=O)c3cc(CN4CCN(C)CC4)cc(C(F)(F)F)c3)ccc21. The lowest BCUT2D eigenvalue weighted by Gasteiger charge is -2.35. The van der Waals surface area contributed by atoms with Gasteiger partial charge < -0.3 is 20.5 Å². The number of rotatable bonds is 5. The fourth-order valence-electron chi connectivity index (χ4n) is 5.29. The second kappa shape index (κ2) is 10.4. The summed E-state index contributed by atoms with van der Waals surface area (Å²) in [6, 6.07) is 9.46. The molecule has 10 heteroatoms. The van der Waals surface area contributed by atoms with Gasteiger partial charge in [0.2, 0.25) is 0 Å². The smallest absolute Gasteiger partial charge is 0.368 e. The molecular formula is C27H33F3N6O. The highest BCUT2D eigenvalue weighted by molar-refractivity contribution is 6.04. The largest absolute Gasteiger partial charge is 0.416 e. The maximum atomic E-state index is 13.7. The van der Waals surface area contributed by atoms with E-state index in [0.29, 0.717) is 30.3 Å². The Morgan fingerprint density at radius 1 is 1.11 bits per heavy atom. The second-order valence-electron chi connectivity index (χ2n) is 10.3. The zero-order valence-electron chi connectivity index (χ0n) is 21.2. The number of hydrogen-bond acceptors (Lipinski definition) is 6. The summed E-state index contributed by atoms with van der Waals surface area (Å²) in [7, 11) is 2.03. The zero-order chi connectivity index (χ0) is 26.2. The van der Waals surface area contributed by atoms with Gasteiger partial charge in [-0.3, -0.25) is 9.69 Å². The van der Waals surface area contributed by atoms with Crippen LogP contribution < -0.4 is 16.2 Å². The van der Waals surface area contributed by atoms with Crippen LogP contribution in [-0.4, -0.2) is 66.9 Å². The molecule has 0 aromatic heterocycles. The molecular weight excluding hydrogens is 481 g/mol. The van der Waals surface area contributed by atoms with Gasteiger partial charge in [-0.25, -0.2) is 5.43 Å². The van der Waals surface area contributed by atoms with Crippen LogP contribution in [0.15, 0.2) is 48.3 Å². The van der Waals surface area contributed by atoms with Crippen molar-refractivity contribution < 1.29 is 18.0 Å². The van der Waals surface area contributed by atoms with Gasteiger partial charge in [-0.2, -0.15) is 13.2 Å². The van der Waals surface area contributed by atoms with Gasteiger partial charge in [-0.1, -0.05) is 13.0 Å². The molecule has 37 heavy (non-hydrogen) atoms. The number of halogens is 3. The molecule has 3 aliphatic rings. The standard InChI is InChI=1S/C27H33F3N6O/c1-18-15-36(24-13-31-32-14-24)17-21-12-23(3-4-25(18)21)33-26(37)20-9-19(10-22(11-20)27(28,29)30)16-35-7-5-34(2)6-8-35/h3-4,9-13,18,31-32H,5-8,14-17H2,1-2H3,(H,33,37). The Labute approximate surface area is 215 Å². The molecule has 1 amide bonds. The number of alkyl halides is 3. The third-order valence-corrected chi connectivity index (χ3v) is 7.39. The summed E-state index contributed by atoms with van der Waals surface area (Å²) in [4.78, 5) is 19.8. The number of nitrogens with zero attached hydrogens (tertiary/aromatic N) is 3. The average molecular weight is 515 g/mol. The first kappa shape index (κ1) is 25.6. The minimum absolute atomic E-state index is 0.0138. The second-order valence-corrected chi connectivity index (χ2v) is 10.3. The van der Waals surface area contributed by atoms with E-state index in [4.69, 9.17) is 0 Å². The number of hydrogen-bond donors (Lipinski definition) is 3. The fraction of sp³-hybridized carbons (Fsp3) is 0.444. The molecule has 1 unspecified atom stereocenters. The zero-order valence-corrected chi connectivity index (χ0v) is 21.2. The van der Waals surface area contributed by atoms with Crippen LogP contribution in [0.2, 0.25) is 0 Å². The fourth-order valence-corrected chi connectivity index (χ4v) is 5.29. The summed E-state index contributed by atoms with van der Waals surface area (Å²) in [5, 5.41) is 2.84. The first-order valence-electron chi connectivity index (χ1n) is 12.6. The van der Waals surface area contributed by atoms with E-state index in [9.17, 15) is 18.0 Å². The van der Waals surface area contributed by atoms with Crippen LogP contribution in [-0.2, 0) is 19.3 Å². The molecule has 3 N–H and O–H groups in total. The third kappa shape index (κ3) is 5.92. The van der Waals surface area contributed by atoms with Crippen molar-refractivity contribution in [2.75, 3.05) is 51.6 Å². The molecule has 198 valence electrons. The maximum Gasteiger partial charge on any atom is 0.416 e. The predicted octanol–water partition coefficient (Wildman–Crippen LogP) is 3.57. The Morgan fingerprint density at radius 3 is 2.59 bits per heavy atom. The van der Waals surface area contributed by atoms with E-state index in [1.807, 2.05) is 31.4 Å². The summed E-state index contributed by atoms with van der Waals surface area (Å²) >= 11 is 0. The van der Waals surface area contributed by atoms with E-state index in [-0.39, 0.29) is 5.56 Å². The van der Waals surface area contributed by atoms with Crippen LogP contribution >= 0.6 is 0 Å². The van der Waals surface area contributed by atoms with Crippen LogP contribution in [0.1, 0.15) is 45.5 Å². The molecule has 0 aliphatic carbocycles. The topological polar surface area (TPSA) is 62.9 Å². The van der Waals surface area contributed by atoms with Crippen LogP contribution in [0.5, 0.6) is 0 Å². The van der Waals surface area contributed by atoms with Crippen molar-refractivity contribution in [3.8, 4) is 0 Å². The van der Waals surface area contributed by atoms with Gasteiger partial charge >= 0.3 is 6.18 Å². The first-order chi connectivity index (χ1) is 17.7. The number of amides is 1. The van der Waals surface area contributed by atoms with Gasteiger partial charge in [0.05, 0.1) is 12.1 Å². The Hall–Kier alpha value is -3.08. The molecule has 0 radical (unpaired) electrons. The van der Waals surface area contributed by atoms with Gasteiger partial charge in [-0.05, 0) is 60.0 Å². The van der Waals surface area contributed by atoms with Crippen molar-refractivity contribution in [1.82, 2.24) is 25.6 Å². The molecule has 2 aromatic rings. The van der Waals surface area contributed by atoms with Gasteiger partial charge in [0, 0.05) is 69.0 Å². The highest BCUT2D eigenvalue weighted by Crippen LogP contribution is 2.33. The van der Waals surface area contributed by atoms with Crippen molar-refractivity contribution in [1.29, 1.82) is 0 Å². The van der Waals surface area contributed by atoms with Crippen LogP contribution in [0.3, 0.4) is 0 Å². The van der Waals surface area contributed by atoms with E-state index in [1.54, 1.807) is 6.07 Å². The molecule has 0 bridgehead atoms. The lowest BCUT2D eigenvalue weighted by Crippen LogP contribution is -2.43.